The Morgan fingerprint density at radius 1 is 1.14 bits per heavy atom. The van der Waals surface area contributed by atoms with Crippen LogP contribution in [0.3, 0.4) is 0 Å². The highest BCUT2D eigenvalue weighted by atomic mass is 35.5. The van der Waals surface area contributed by atoms with E-state index in [4.69, 9.17) is 22.1 Å². The molecule has 0 aliphatic rings. The number of rotatable bonds is 4. The standard InChI is InChI=1S/C22H23ClN2O4/c1-22(2,3)29-19(21(27)28)18-17(12-5-7-13(23)8-6-12)15-10-9-14(24)11-16(15)20(26)25(18)4/h5-11,19H,24H2,1-4H3,(H,27,28). The SMILES string of the molecule is Cn1c(C(OC(C)(C)C)C(=O)O)c(-c2ccc(Cl)cc2)c2ccc(N)cc2c1=O. The van der Waals surface area contributed by atoms with E-state index in [1.165, 1.54) is 4.57 Å². The van der Waals surface area contributed by atoms with E-state index < -0.39 is 17.7 Å². The number of aliphatic carboxylic acids is 1. The Labute approximate surface area is 173 Å². The molecule has 29 heavy (non-hydrogen) atoms. The predicted molar refractivity (Wildman–Crippen MR) is 115 cm³/mol. The van der Waals surface area contributed by atoms with Crippen LogP contribution in [0.1, 0.15) is 32.6 Å². The number of nitrogen functional groups attached to an aromatic ring is 1. The van der Waals surface area contributed by atoms with Gasteiger partial charge in [-0.25, -0.2) is 4.79 Å². The second-order valence-electron chi connectivity index (χ2n) is 7.88. The van der Waals surface area contributed by atoms with Gasteiger partial charge in [0.05, 0.1) is 11.3 Å². The molecule has 0 amide bonds. The summed E-state index contributed by atoms with van der Waals surface area (Å²) in [7, 11) is 1.54. The summed E-state index contributed by atoms with van der Waals surface area (Å²) in [4.78, 5) is 25.3. The molecule has 0 saturated carbocycles. The highest BCUT2D eigenvalue weighted by molar-refractivity contribution is 6.30. The Balaban J connectivity index is 2.47. The summed E-state index contributed by atoms with van der Waals surface area (Å²) in [6.07, 6.45) is -1.35. The van der Waals surface area contributed by atoms with Crippen LogP contribution in [0, 0.1) is 0 Å². The molecule has 6 nitrogen and oxygen atoms in total. The number of nitrogens with zero attached hydrogens (tertiary/aromatic N) is 1. The minimum Gasteiger partial charge on any atom is -0.479 e. The minimum atomic E-state index is -1.35. The molecule has 0 saturated heterocycles. The molecule has 152 valence electrons. The van der Waals surface area contributed by atoms with Gasteiger partial charge in [-0.15, -0.1) is 0 Å². The molecule has 3 rings (SSSR count). The number of pyridine rings is 1. The largest absolute Gasteiger partial charge is 0.479 e. The first-order valence-corrected chi connectivity index (χ1v) is 9.46. The Kier molecular flexibility index (Phi) is 5.43. The maximum absolute atomic E-state index is 13.1. The third-order valence-electron chi connectivity index (χ3n) is 4.54. The lowest BCUT2D eigenvalue weighted by Crippen LogP contribution is -2.33. The van der Waals surface area contributed by atoms with Crippen molar-refractivity contribution in [2.24, 2.45) is 7.05 Å². The van der Waals surface area contributed by atoms with Crippen molar-refractivity contribution >= 4 is 34.0 Å². The van der Waals surface area contributed by atoms with Gasteiger partial charge in [-0.2, -0.15) is 0 Å². The van der Waals surface area contributed by atoms with Gasteiger partial charge >= 0.3 is 5.97 Å². The summed E-state index contributed by atoms with van der Waals surface area (Å²) >= 11 is 6.04. The van der Waals surface area contributed by atoms with E-state index in [0.29, 0.717) is 27.0 Å². The molecule has 1 unspecified atom stereocenters. The minimum absolute atomic E-state index is 0.261. The number of carboxylic acid groups (broad SMARTS) is 1. The molecule has 0 fully saturated rings. The van der Waals surface area contributed by atoms with E-state index in [1.54, 1.807) is 70.3 Å². The zero-order valence-electron chi connectivity index (χ0n) is 16.7. The van der Waals surface area contributed by atoms with Crippen molar-refractivity contribution in [3.63, 3.8) is 0 Å². The molecule has 2 aromatic carbocycles. The molecule has 0 bridgehead atoms. The highest BCUT2D eigenvalue weighted by Gasteiger charge is 2.32. The van der Waals surface area contributed by atoms with Gasteiger partial charge in [0, 0.05) is 28.7 Å². The van der Waals surface area contributed by atoms with Crippen LogP contribution in [0.25, 0.3) is 21.9 Å². The molecular formula is C22H23ClN2O4. The van der Waals surface area contributed by atoms with Gasteiger partial charge < -0.3 is 20.1 Å². The highest BCUT2D eigenvalue weighted by Crippen LogP contribution is 2.37. The Bertz CT molecular complexity index is 1140. The van der Waals surface area contributed by atoms with E-state index in [2.05, 4.69) is 0 Å². The summed E-state index contributed by atoms with van der Waals surface area (Å²) in [5.74, 6) is -1.18. The Morgan fingerprint density at radius 3 is 2.31 bits per heavy atom. The average molecular weight is 415 g/mol. The molecule has 0 radical (unpaired) electrons. The molecule has 0 aliphatic carbocycles. The monoisotopic (exact) mass is 414 g/mol. The van der Waals surface area contributed by atoms with Gasteiger partial charge in [0.25, 0.3) is 5.56 Å². The molecule has 1 atom stereocenters. The number of fused-ring (bicyclic) bond motifs is 1. The topological polar surface area (TPSA) is 94.6 Å². The number of benzene rings is 2. The van der Waals surface area contributed by atoms with Crippen LogP contribution in [-0.4, -0.2) is 21.2 Å². The van der Waals surface area contributed by atoms with Crippen LogP contribution < -0.4 is 11.3 Å². The smallest absolute Gasteiger partial charge is 0.339 e. The van der Waals surface area contributed by atoms with Crippen molar-refractivity contribution in [3.05, 3.63) is 63.5 Å². The van der Waals surface area contributed by atoms with Gasteiger partial charge in [-0.1, -0.05) is 29.8 Å². The number of hydrogen-bond acceptors (Lipinski definition) is 4. The van der Waals surface area contributed by atoms with Gasteiger partial charge in [0.2, 0.25) is 0 Å². The molecule has 1 aromatic heterocycles. The van der Waals surface area contributed by atoms with Gasteiger partial charge in [0.15, 0.2) is 6.10 Å². The summed E-state index contributed by atoms with van der Waals surface area (Å²) in [5, 5.41) is 11.5. The number of carbonyl (C=O) groups is 1. The summed E-state index contributed by atoms with van der Waals surface area (Å²) in [5.41, 5.74) is 6.83. The Hall–Kier alpha value is -2.83. The van der Waals surface area contributed by atoms with Crippen LogP contribution in [0.15, 0.2) is 47.3 Å². The zero-order valence-corrected chi connectivity index (χ0v) is 17.4. The third-order valence-corrected chi connectivity index (χ3v) is 4.79. The third kappa shape index (κ3) is 4.13. The quantitative estimate of drug-likeness (QED) is 0.617. The number of hydrogen-bond donors (Lipinski definition) is 2. The number of aromatic nitrogens is 1. The number of halogens is 1. The fourth-order valence-corrected chi connectivity index (χ4v) is 3.48. The van der Waals surface area contributed by atoms with E-state index in [1.807, 2.05) is 0 Å². The van der Waals surface area contributed by atoms with Crippen LogP contribution in [-0.2, 0) is 16.6 Å². The first-order chi connectivity index (χ1) is 13.5. The van der Waals surface area contributed by atoms with Crippen molar-refractivity contribution in [1.29, 1.82) is 0 Å². The number of carboxylic acids is 1. The lowest BCUT2D eigenvalue weighted by atomic mass is 9.94. The Morgan fingerprint density at radius 2 is 1.76 bits per heavy atom. The average Bonchev–Trinajstić information content (AvgIpc) is 2.63. The van der Waals surface area contributed by atoms with Crippen LogP contribution in [0.2, 0.25) is 5.02 Å². The van der Waals surface area contributed by atoms with Gasteiger partial charge in [-0.05, 0) is 56.0 Å². The first kappa shape index (κ1) is 20.9. The fraction of sp³-hybridized carbons (Fsp3) is 0.273. The first-order valence-electron chi connectivity index (χ1n) is 9.08. The van der Waals surface area contributed by atoms with Crippen LogP contribution in [0.5, 0.6) is 0 Å². The molecule has 3 N–H and O–H groups in total. The van der Waals surface area contributed by atoms with Crippen molar-refractivity contribution in [2.45, 2.75) is 32.5 Å². The maximum atomic E-state index is 13.1. The molecule has 7 heteroatoms. The van der Waals surface area contributed by atoms with Crippen molar-refractivity contribution in [3.8, 4) is 11.1 Å². The molecule has 3 aromatic rings. The second kappa shape index (κ2) is 7.54. The second-order valence-corrected chi connectivity index (χ2v) is 8.32. The van der Waals surface area contributed by atoms with E-state index >= 15 is 0 Å². The molecule has 0 spiro atoms. The molecule has 0 aliphatic heterocycles. The van der Waals surface area contributed by atoms with E-state index in [0.717, 1.165) is 5.56 Å². The lowest BCUT2D eigenvalue weighted by Gasteiger charge is -2.28. The predicted octanol–water partition coefficient (Wildman–Crippen LogP) is 4.38. The normalized spacial score (nSPS) is 12.9. The number of ether oxygens (including phenoxy) is 1. The number of anilines is 1. The van der Waals surface area contributed by atoms with Gasteiger partial charge in [0.1, 0.15) is 0 Å². The summed E-state index contributed by atoms with van der Waals surface area (Å²) in [6, 6.07) is 12.0. The maximum Gasteiger partial charge on any atom is 0.339 e. The van der Waals surface area contributed by atoms with Crippen molar-refractivity contribution in [1.82, 2.24) is 4.57 Å². The van der Waals surface area contributed by atoms with Crippen molar-refractivity contribution in [2.75, 3.05) is 5.73 Å². The lowest BCUT2D eigenvalue weighted by molar-refractivity contribution is -0.161. The summed E-state index contributed by atoms with van der Waals surface area (Å²) in [6.45, 7) is 5.31. The zero-order chi connectivity index (χ0) is 21.5. The van der Waals surface area contributed by atoms with E-state index in [-0.39, 0.29) is 11.3 Å². The molecule has 1 heterocycles. The van der Waals surface area contributed by atoms with Crippen LogP contribution >= 0.6 is 11.6 Å². The summed E-state index contributed by atoms with van der Waals surface area (Å²) < 4.78 is 7.20. The molecular weight excluding hydrogens is 392 g/mol. The fourth-order valence-electron chi connectivity index (χ4n) is 3.36. The number of nitrogens with two attached hydrogens (primary N) is 1. The van der Waals surface area contributed by atoms with Gasteiger partial charge in [-0.3, -0.25) is 4.79 Å². The van der Waals surface area contributed by atoms with E-state index in [9.17, 15) is 14.7 Å². The van der Waals surface area contributed by atoms with Crippen molar-refractivity contribution < 1.29 is 14.6 Å². The van der Waals surface area contributed by atoms with Crippen LogP contribution in [0.4, 0.5) is 5.69 Å².